The lowest BCUT2D eigenvalue weighted by molar-refractivity contribution is -0.143. The molecule has 1 atom stereocenters. The Morgan fingerprint density at radius 2 is 2.10 bits per heavy atom. The van der Waals surface area contributed by atoms with Crippen molar-refractivity contribution >= 4 is 11.9 Å². The van der Waals surface area contributed by atoms with E-state index in [0.29, 0.717) is 5.56 Å². The Hall–Kier alpha value is -2.32. The van der Waals surface area contributed by atoms with Crippen molar-refractivity contribution < 1.29 is 32.6 Å². The highest BCUT2D eigenvalue weighted by molar-refractivity contribution is 5.92. The van der Waals surface area contributed by atoms with E-state index in [1.54, 1.807) is 12.2 Å². The number of nitrogens with zero attached hydrogens (tertiary/aromatic N) is 1. The van der Waals surface area contributed by atoms with Gasteiger partial charge in [0, 0.05) is 6.20 Å². The number of ether oxygens (including phenoxy) is 1. The molecule has 0 radical (unpaired) electrons. The van der Waals surface area contributed by atoms with E-state index in [1.807, 2.05) is 0 Å². The first-order chi connectivity index (χ1) is 9.60. The standard InChI is InChI=1S/C12H13F3N2O4/c1-6-3-8(18)9(16-4-6)11(20)21-7(2)10(19)17-5-12(13,14)15/h3-4,7,18H,5H2,1-2H3,(H,17,19). The Balaban J connectivity index is 2.63. The Morgan fingerprint density at radius 1 is 1.48 bits per heavy atom. The van der Waals surface area contributed by atoms with Crippen LogP contribution in [0.4, 0.5) is 13.2 Å². The number of esters is 1. The average Bonchev–Trinajstić information content (AvgIpc) is 2.34. The third kappa shape index (κ3) is 5.28. The third-order valence-corrected chi connectivity index (χ3v) is 2.31. The molecule has 6 nitrogen and oxygen atoms in total. The zero-order valence-corrected chi connectivity index (χ0v) is 11.2. The van der Waals surface area contributed by atoms with Crippen LogP contribution in [0.25, 0.3) is 0 Å². The van der Waals surface area contributed by atoms with Gasteiger partial charge in [-0.15, -0.1) is 0 Å². The van der Waals surface area contributed by atoms with Crippen LogP contribution in [-0.4, -0.2) is 40.8 Å². The molecule has 1 rings (SSSR count). The lowest BCUT2D eigenvalue weighted by Gasteiger charge is -2.14. The first-order valence-corrected chi connectivity index (χ1v) is 5.81. The van der Waals surface area contributed by atoms with Gasteiger partial charge in [-0.1, -0.05) is 0 Å². The fourth-order valence-electron chi connectivity index (χ4n) is 1.31. The van der Waals surface area contributed by atoms with E-state index in [-0.39, 0.29) is 0 Å². The molecule has 1 aromatic heterocycles. The monoisotopic (exact) mass is 306 g/mol. The summed E-state index contributed by atoms with van der Waals surface area (Å²) in [7, 11) is 0. The van der Waals surface area contributed by atoms with Gasteiger partial charge in [-0.3, -0.25) is 4.79 Å². The molecule has 0 spiro atoms. The lowest BCUT2D eigenvalue weighted by atomic mass is 10.2. The van der Waals surface area contributed by atoms with Crippen molar-refractivity contribution in [2.75, 3.05) is 6.54 Å². The first-order valence-electron chi connectivity index (χ1n) is 5.81. The number of amides is 1. The predicted octanol–water partition coefficient (Wildman–Crippen LogP) is 1.32. The number of halogens is 3. The van der Waals surface area contributed by atoms with Crippen LogP contribution in [0.1, 0.15) is 23.0 Å². The molecule has 116 valence electrons. The maximum atomic E-state index is 11.9. The molecular formula is C12H13F3N2O4. The van der Waals surface area contributed by atoms with Crippen molar-refractivity contribution in [3.05, 3.63) is 23.5 Å². The number of aromatic nitrogens is 1. The van der Waals surface area contributed by atoms with E-state index < -0.39 is 42.1 Å². The SMILES string of the molecule is Cc1cnc(C(=O)OC(C)C(=O)NCC(F)(F)F)c(O)c1. The third-order valence-electron chi connectivity index (χ3n) is 2.31. The van der Waals surface area contributed by atoms with Crippen molar-refractivity contribution in [2.45, 2.75) is 26.1 Å². The molecule has 0 saturated heterocycles. The second-order valence-electron chi connectivity index (χ2n) is 4.26. The van der Waals surface area contributed by atoms with Crippen molar-refractivity contribution in [3.8, 4) is 5.75 Å². The van der Waals surface area contributed by atoms with Gasteiger partial charge in [0.25, 0.3) is 5.91 Å². The van der Waals surface area contributed by atoms with Gasteiger partial charge in [-0.05, 0) is 25.5 Å². The van der Waals surface area contributed by atoms with Crippen LogP contribution < -0.4 is 5.32 Å². The molecule has 21 heavy (non-hydrogen) atoms. The first kappa shape index (κ1) is 16.7. The number of alkyl halides is 3. The zero-order chi connectivity index (χ0) is 16.2. The molecule has 9 heteroatoms. The second kappa shape index (κ2) is 6.42. The van der Waals surface area contributed by atoms with Crippen LogP contribution in [-0.2, 0) is 9.53 Å². The van der Waals surface area contributed by atoms with Crippen LogP contribution in [0, 0.1) is 6.92 Å². The Labute approximate surface area is 117 Å². The van der Waals surface area contributed by atoms with Gasteiger partial charge in [-0.25, -0.2) is 9.78 Å². The van der Waals surface area contributed by atoms with Crippen molar-refractivity contribution in [1.82, 2.24) is 10.3 Å². The average molecular weight is 306 g/mol. The number of carbonyl (C=O) groups excluding carboxylic acids is 2. The summed E-state index contributed by atoms with van der Waals surface area (Å²) in [4.78, 5) is 26.6. The van der Waals surface area contributed by atoms with E-state index >= 15 is 0 Å². The number of aromatic hydroxyl groups is 1. The molecule has 2 N–H and O–H groups in total. The normalized spacial score (nSPS) is 12.6. The van der Waals surface area contributed by atoms with Crippen LogP contribution >= 0.6 is 0 Å². The summed E-state index contributed by atoms with van der Waals surface area (Å²) in [6, 6.07) is 1.26. The van der Waals surface area contributed by atoms with E-state index in [9.17, 15) is 27.9 Å². The van der Waals surface area contributed by atoms with Gasteiger partial charge >= 0.3 is 12.1 Å². The molecule has 0 saturated carbocycles. The summed E-state index contributed by atoms with van der Waals surface area (Å²) in [5.41, 5.74) is 0.177. The Morgan fingerprint density at radius 3 is 2.62 bits per heavy atom. The quantitative estimate of drug-likeness (QED) is 0.819. The van der Waals surface area contributed by atoms with E-state index in [0.717, 1.165) is 6.92 Å². The molecule has 0 aliphatic heterocycles. The van der Waals surface area contributed by atoms with Gasteiger partial charge in [0.05, 0.1) is 0 Å². The number of nitrogens with one attached hydrogen (secondary N) is 1. The summed E-state index contributed by atoms with van der Waals surface area (Å²) in [5.74, 6) is -2.66. The molecule has 0 aliphatic rings. The topological polar surface area (TPSA) is 88.5 Å². The van der Waals surface area contributed by atoms with Gasteiger partial charge in [-0.2, -0.15) is 13.2 Å². The predicted molar refractivity (Wildman–Crippen MR) is 64.6 cm³/mol. The number of carbonyl (C=O) groups is 2. The molecular weight excluding hydrogens is 293 g/mol. The minimum Gasteiger partial charge on any atom is -0.505 e. The van der Waals surface area contributed by atoms with E-state index in [1.165, 1.54) is 12.3 Å². The largest absolute Gasteiger partial charge is 0.505 e. The van der Waals surface area contributed by atoms with Crippen LogP contribution in [0.3, 0.4) is 0 Å². The number of aryl methyl sites for hydroxylation is 1. The van der Waals surface area contributed by atoms with Crippen LogP contribution in [0.5, 0.6) is 5.75 Å². The highest BCUT2D eigenvalue weighted by atomic mass is 19.4. The summed E-state index contributed by atoms with van der Waals surface area (Å²) in [6.07, 6.45) is -4.72. The van der Waals surface area contributed by atoms with Crippen molar-refractivity contribution in [3.63, 3.8) is 0 Å². The van der Waals surface area contributed by atoms with Gasteiger partial charge in [0.2, 0.25) is 0 Å². The molecule has 0 aliphatic carbocycles. The Bertz CT molecular complexity index is 546. The van der Waals surface area contributed by atoms with E-state index in [2.05, 4.69) is 9.72 Å². The van der Waals surface area contributed by atoms with Crippen molar-refractivity contribution in [2.24, 2.45) is 0 Å². The molecule has 0 aromatic carbocycles. The molecule has 1 aromatic rings. The number of hydrogen-bond acceptors (Lipinski definition) is 5. The molecule has 0 bridgehead atoms. The van der Waals surface area contributed by atoms with Crippen LogP contribution in [0.15, 0.2) is 12.3 Å². The van der Waals surface area contributed by atoms with E-state index in [4.69, 9.17) is 0 Å². The highest BCUT2D eigenvalue weighted by Gasteiger charge is 2.30. The summed E-state index contributed by atoms with van der Waals surface area (Å²) in [5, 5.41) is 11.1. The number of hydrogen-bond donors (Lipinski definition) is 2. The fraction of sp³-hybridized carbons (Fsp3) is 0.417. The fourth-order valence-corrected chi connectivity index (χ4v) is 1.31. The maximum Gasteiger partial charge on any atom is 0.405 e. The zero-order valence-electron chi connectivity index (χ0n) is 11.2. The van der Waals surface area contributed by atoms with Crippen molar-refractivity contribution in [1.29, 1.82) is 0 Å². The summed E-state index contributed by atoms with van der Waals surface area (Å²) < 4.78 is 40.4. The minimum atomic E-state index is -4.56. The highest BCUT2D eigenvalue weighted by Crippen LogP contribution is 2.17. The molecule has 1 heterocycles. The Kier molecular flexibility index (Phi) is 5.12. The van der Waals surface area contributed by atoms with Crippen LogP contribution in [0.2, 0.25) is 0 Å². The van der Waals surface area contributed by atoms with Gasteiger partial charge in [0.1, 0.15) is 12.3 Å². The minimum absolute atomic E-state index is 0.420. The van der Waals surface area contributed by atoms with Gasteiger partial charge in [0.15, 0.2) is 11.8 Å². The molecule has 1 amide bonds. The number of rotatable bonds is 4. The molecule has 0 fully saturated rings. The maximum absolute atomic E-state index is 11.9. The second-order valence-corrected chi connectivity index (χ2v) is 4.26. The number of pyridine rings is 1. The lowest BCUT2D eigenvalue weighted by Crippen LogP contribution is -2.40. The van der Waals surface area contributed by atoms with Gasteiger partial charge < -0.3 is 15.2 Å². The molecule has 1 unspecified atom stereocenters. The summed E-state index contributed by atoms with van der Waals surface area (Å²) >= 11 is 0. The smallest absolute Gasteiger partial charge is 0.405 e. The summed E-state index contributed by atoms with van der Waals surface area (Å²) in [6.45, 7) is 1.21.